The Bertz CT molecular complexity index is 309. The van der Waals surface area contributed by atoms with Crippen LogP contribution in [0.4, 0.5) is 0 Å². The highest BCUT2D eigenvalue weighted by Crippen LogP contribution is 2.26. The minimum Gasteiger partial charge on any atom is -0.356 e. The van der Waals surface area contributed by atoms with Crippen molar-refractivity contribution in [2.24, 2.45) is 0 Å². The van der Waals surface area contributed by atoms with Gasteiger partial charge < -0.3 is 4.98 Å². The largest absolute Gasteiger partial charge is 0.356 e. The molecule has 0 saturated heterocycles. The van der Waals surface area contributed by atoms with Crippen LogP contribution in [-0.4, -0.2) is 10.8 Å². The molecule has 0 bridgehead atoms. The number of Topliss-reactive ketones (excluding diaryl/α,β-unsaturated/α-hetero) is 1. The fourth-order valence-corrected chi connectivity index (χ4v) is 1.63. The van der Waals surface area contributed by atoms with Crippen molar-refractivity contribution in [2.75, 3.05) is 0 Å². The molecule has 1 aromatic heterocycles. The molecule has 0 unspecified atom stereocenters. The van der Waals surface area contributed by atoms with Crippen LogP contribution in [0, 0.1) is 0 Å². The summed E-state index contributed by atoms with van der Waals surface area (Å²) >= 11 is 0. The number of hydrogen-bond donors (Lipinski definition) is 1. The topological polar surface area (TPSA) is 32.9 Å². The minimum absolute atomic E-state index is 0.110. The van der Waals surface area contributed by atoms with Gasteiger partial charge in [-0.3, -0.25) is 4.79 Å². The fraction of sp³-hybridized carbons (Fsp3) is 0.583. The zero-order valence-electron chi connectivity index (χ0n) is 9.64. The van der Waals surface area contributed by atoms with Gasteiger partial charge in [0.15, 0.2) is 5.78 Å². The van der Waals surface area contributed by atoms with Crippen molar-refractivity contribution in [3.63, 3.8) is 0 Å². The molecule has 0 spiro atoms. The standard InChI is InChI=1S/C12H19NO/c1-7(2)10-6-11(9(5)14)13-12(10)8(3)4/h6-8,13H,1-5H3. The van der Waals surface area contributed by atoms with Crippen molar-refractivity contribution in [3.8, 4) is 0 Å². The normalized spacial score (nSPS) is 11.4. The highest BCUT2D eigenvalue weighted by atomic mass is 16.1. The van der Waals surface area contributed by atoms with E-state index in [0.29, 0.717) is 11.8 Å². The molecule has 2 heteroatoms. The molecule has 0 fully saturated rings. The highest BCUT2D eigenvalue weighted by Gasteiger charge is 2.15. The first-order valence-corrected chi connectivity index (χ1v) is 5.17. The predicted octanol–water partition coefficient (Wildman–Crippen LogP) is 3.46. The summed E-state index contributed by atoms with van der Waals surface area (Å²) in [6, 6.07) is 1.99. The third kappa shape index (κ3) is 2.06. The lowest BCUT2D eigenvalue weighted by molar-refractivity contribution is 0.101. The molecule has 0 radical (unpaired) electrons. The second-order valence-electron chi connectivity index (χ2n) is 4.42. The molecule has 1 N–H and O–H groups in total. The Labute approximate surface area is 85.7 Å². The van der Waals surface area contributed by atoms with Crippen molar-refractivity contribution < 1.29 is 4.79 Å². The van der Waals surface area contributed by atoms with Gasteiger partial charge in [-0.1, -0.05) is 27.7 Å². The average molecular weight is 193 g/mol. The smallest absolute Gasteiger partial charge is 0.175 e. The monoisotopic (exact) mass is 193 g/mol. The summed E-state index contributed by atoms with van der Waals surface area (Å²) in [7, 11) is 0. The number of carbonyl (C=O) groups is 1. The van der Waals surface area contributed by atoms with E-state index in [0.717, 1.165) is 5.69 Å². The van der Waals surface area contributed by atoms with Gasteiger partial charge in [0.05, 0.1) is 5.69 Å². The average Bonchev–Trinajstić information content (AvgIpc) is 2.47. The number of aromatic nitrogens is 1. The van der Waals surface area contributed by atoms with Crippen LogP contribution in [0.3, 0.4) is 0 Å². The van der Waals surface area contributed by atoms with Crippen molar-refractivity contribution >= 4 is 5.78 Å². The van der Waals surface area contributed by atoms with E-state index in [1.54, 1.807) is 6.92 Å². The third-order valence-corrected chi connectivity index (χ3v) is 2.46. The molecule has 1 rings (SSSR count). The van der Waals surface area contributed by atoms with Crippen LogP contribution in [0.1, 0.15) is 68.2 Å². The van der Waals surface area contributed by atoms with Crippen molar-refractivity contribution in [2.45, 2.75) is 46.5 Å². The lowest BCUT2D eigenvalue weighted by Gasteiger charge is -2.09. The SMILES string of the molecule is CC(=O)c1cc(C(C)C)c(C(C)C)[nH]1. The lowest BCUT2D eigenvalue weighted by Crippen LogP contribution is -1.96. The summed E-state index contributed by atoms with van der Waals surface area (Å²) in [4.78, 5) is 14.4. The maximum atomic E-state index is 11.2. The second kappa shape index (κ2) is 3.99. The van der Waals surface area contributed by atoms with E-state index in [9.17, 15) is 4.79 Å². The molecule has 1 aromatic rings. The van der Waals surface area contributed by atoms with Gasteiger partial charge in [0.25, 0.3) is 0 Å². The van der Waals surface area contributed by atoms with E-state index in [1.807, 2.05) is 6.07 Å². The molecular formula is C12H19NO. The molecule has 0 amide bonds. The van der Waals surface area contributed by atoms with Gasteiger partial charge in [0.2, 0.25) is 0 Å². The zero-order valence-corrected chi connectivity index (χ0v) is 9.64. The Morgan fingerprint density at radius 1 is 1.21 bits per heavy atom. The fourth-order valence-electron chi connectivity index (χ4n) is 1.63. The van der Waals surface area contributed by atoms with E-state index in [1.165, 1.54) is 11.3 Å². The third-order valence-electron chi connectivity index (χ3n) is 2.46. The summed E-state index contributed by atoms with van der Waals surface area (Å²) in [5.74, 6) is 1.02. The summed E-state index contributed by atoms with van der Waals surface area (Å²) in [5, 5.41) is 0. The first-order valence-electron chi connectivity index (χ1n) is 5.17. The molecular weight excluding hydrogens is 174 g/mol. The molecule has 14 heavy (non-hydrogen) atoms. The van der Waals surface area contributed by atoms with Crippen LogP contribution >= 0.6 is 0 Å². The van der Waals surface area contributed by atoms with Gasteiger partial charge in [0, 0.05) is 12.6 Å². The van der Waals surface area contributed by atoms with Crippen molar-refractivity contribution in [1.82, 2.24) is 4.98 Å². The number of hydrogen-bond acceptors (Lipinski definition) is 1. The van der Waals surface area contributed by atoms with Crippen LogP contribution in [0.5, 0.6) is 0 Å². The van der Waals surface area contributed by atoms with Gasteiger partial charge in [-0.2, -0.15) is 0 Å². The lowest BCUT2D eigenvalue weighted by atomic mass is 9.98. The van der Waals surface area contributed by atoms with Gasteiger partial charge in [-0.05, 0) is 23.5 Å². The molecule has 2 nitrogen and oxygen atoms in total. The minimum atomic E-state index is 0.110. The Morgan fingerprint density at radius 2 is 1.79 bits per heavy atom. The summed E-state index contributed by atoms with van der Waals surface area (Å²) < 4.78 is 0. The van der Waals surface area contributed by atoms with Gasteiger partial charge in [-0.25, -0.2) is 0 Å². The van der Waals surface area contributed by atoms with E-state index in [2.05, 4.69) is 32.7 Å². The van der Waals surface area contributed by atoms with Gasteiger partial charge in [-0.15, -0.1) is 0 Å². The van der Waals surface area contributed by atoms with Crippen LogP contribution in [0.25, 0.3) is 0 Å². The molecule has 0 saturated carbocycles. The Hall–Kier alpha value is -1.05. The maximum absolute atomic E-state index is 11.2. The Balaban J connectivity index is 3.19. The van der Waals surface area contributed by atoms with Gasteiger partial charge in [0.1, 0.15) is 0 Å². The molecule has 78 valence electrons. The zero-order chi connectivity index (χ0) is 10.9. The van der Waals surface area contributed by atoms with Crippen LogP contribution in [0.15, 0.2) is 6.07 Å². The number of rotatable bonds is 3. The summed E-state index contributed by atoms with van der Waals surface area (Å²) in [6.07, 6.45) is 0. The highest BCUT2D eigenvalue weighted by molar-refractivity contribution is 5.92. The quantitative estimate of drug-likeness (QED) is 0.732. The number of aromatic amines is 1. The van der Waals surface area contributed by atoms with Gasteiger partial charge >= 0.3 is 0 Å². The molecule has 0 aromatic carbocycles. The van der Waals surface area contributed by atoms with E-state index in [4.69, 9.17) is 0 Å². The van der Waals surface area contributed by atoms with Crippen molar-refractivity contribution in [3.05, 3.63) is 23.0 Å². The van der Waals surface area contributed by atoms with Crippen LogP contribution in [0.2, 0.25) is 0 Å². The molecule has 0 atom stereocenters. The molecule has 1 heterocycles. The predicted molar refractivity (Wildman–Crippen MR) is 59.0 cm³/mol. The Morgan fingerprint density at radius 3 is 2.07 bits per heavy atom. The summed E-state index contributed by atoms with van der Waals surface area (Å²) in [5.41, 5.74) is 3.20. The maximum Gasteiger partial charge on any atom is 0.175 e. The number of H-pyrrole nitrogens is 1. The number of carbonyl (C=O) groups excluding carboxylic acids is 1. The number of ketones is 1. The van der Waals surface area contributed by atoms with Crippen molar-refractivity contribution in [1.29, 1.82) is 0 Å². The number of nitrogens with one attached hydrogen (secondary N) is 1. The molecule has 0 aliphatic carbocycles. The van der Waals surface area contributed by atoms with E-state index < -0.39 is 0 Å². The Kier molecular flexibility index (Phi) is 3.14. The van der Waals surface area contributed by atoms with E-state index >= 15 is 0 Å². The van der Waals surface area contributed by atoms with Crippen LogP contribution in [-0.2, 0) is 0 Å². The van der Waals surface area contributed by atoms with Crippen LogP contribution < -0.4 is 0 Å². The molecule has 0 aliphatic rings. The summed E-state index contributed by atoms with van der Waals surface area (Å²) in [6.45, 7) is 10.2. The second-order valence-corrected chi connectivity index (χ2v) is 4.42. The first kappa shape index (κ1) is 11.0. The van der Waals surface area contributed by atoms with E-state index in [-0.39, 0.29) is 5.78 Å². The molecule has 0 aliphatic heterocycles. The first-order chi connectivity index (χ1) is 6.43.